The highest BCUT2D eigenvalue weighted by Crippen LogP contribution is 2.21. The zero-order valence-electron chi connectivity index (χ0n) is 11.5. The van der Waals surface area contributed by atoms with Gasteiger partial charge in [-0.15, -0.1) is 0 Å². The standard InChI is InChI=1S/C15H25NO/c1-5-7-12(3)16-15(6-2)13-8-10-14(17-4)11-9-13/h8-12,15-16H,5-7H2,1-4H3. The summed E-state index contributed by atoms with van der Waals surface area (Å²) in [6.45, 7) is 6.71. The van der Waals surface area contributed by atoms with E-state index in [9.17, 15) is 0 Å². The molecule has 0 amide bonds. The van der Waals surface area contributed by atoms with Crippen molar-refractivity contribution >= 4 is 0 Å². The van der Waals surface area contributed by atoms with Crippen LogP contribution in [0.3, 0.4) is 0 Å². The molecule has 0 radical (unpaired) electrons. The topological polar surface area (TPSA) is 21.3 Å². The van der Waals surface area contributed by atoms with Gasteiger partial charge in [0.05, 0.1) is 7.11 Å². The number of hydrogen-bond acceptors (Lipinski definition) is 2. The predicted octanol–water partition coefficient (Wildman–Crippen LogP) is 3.92. The first-order chi connectivity index (χ1) is 8.21. The normalized spacial score (nSPS) is 14.4. The fourth-order valence-corrected chi connectivity index (χ4v) is 2.15. The maximum Gasteiger partial charge on any atom is 0.118 e. The van der Waals surface area contributed by atoms with Gasteiger partial charge in [-0.05, 0) is 37.5 Å². The number of hydrogen-bond donors (Lipinski definition) is 1. The highest BCUT2D eigenvalue weighted by molar-refractivity contribution is 5.29. The van der Waals surface area contributed by atoms with Gasteiger partial charge in [-0.1, -0.05) is 32.4 Å². The van der Waals surface area contributed by atoms with Gasteiger partial charge in [0, 0.05) is 12.1 Å². The lowest BCUT2D eigenvalue weighted by Gasteiger charge is -2.22. The quantitative estimate of drug-likeness (QED) is 0.773. The molecule has 0 aliphatic carbocycles. The molecule has 0 aliphatic rings. The van der Waals surface area contributed by atoms with Crippen LogP contribution in [0.4, 0.5) is 0 Å². The number of nitrogens with one attached hydrogen (secondary N) is 1. The summed E-state index contributed by atoms with van der Waals surface area (Å²) in [5, 5.41) is 3.68. The van der Waals surface area contributed by atoms with Gasteiger partial charge in [0.2, 0.25) is 0 Å². The molecule has 1 aromatic rings. The van der Waals surface area contributed by atoms with Gasteiger partial charge < -0.3 is 10.1 Å². The van der Waals surface area contributed by atoms with Crippen LogP contribution in [0.2, 0.25) is 0 Å². The van der Waals surface area contributed by atoms with Crippen LogP contribution in [0.1, 0.15) is 51.6 Å². The molecular formula is C15H25NO. The lowest BCUT2D eigenvalue weighted by molar-refractivity contribution is 0.411. The lowest BCUT2D eigenvalue weighted by Crippen LogP contribution is -2.30. The second-order valence-corrected chi connectivity index (χ2v) is 4.59. The Balaban J connectivity index is 2.65. The molecule has 2 unspecified atom stereocenters. The van der Waals surface area contributed by atoms with E-state index in [1.54, 1.807) is 7.11 Å². The maximum absolute atomic E-state index is 5.18. The van der Waals surface area contributed by atoms with Crippen LogP contribution in [0.15, 0.2) is 24.3 Å². The van der Waals surface area contributed by atoms with Crippen LogP contribution in [0.5, 0.6) is 5.75 Å². The molecule has 0 saturated heterocycles. The Kier molecular flexibility index (Phi) is 6.06. The highest BCUT2D eigenvalue weighted by atomic mass is 16.5. The summed E-state index contributed by atoms with van der Waals surface area (Å²) in [4.78, 5) is 0. The van der Waals surface area contributed by atoms with Crippen LogP contribution < -0.4 is 10.1 Å². The molecular weight excluding hydrogens is 210 g/mol. The third-order valence-electron chi connectivity index (χ3n) is 3.13. The summed E-state index contributed by atoms with van der Waals surface area (Å²) in [5.41, 5.74) is 1.34. The fourth-order valence-electron chi connectivity index (χ4n) is 2.15. The molecule has 1 rings (SSSR count). The van der Waals surface area contributed by atoms with Crippen LogP contribution in [0, 0.1) is 0 Å². The van der Waals surface area contributed by atoms with Crippen molar-refractivity contribution in [3.8, 4) is 5.75 Å². The van der Waals surface area contributed by atoms with Crippen molar-refractivity contribution in [2.24, 2.45) is 0 Å². The minimum Gasteiger partial charge on any atom is -0.497 e. The van der Waals surface area contributed by atoms with Crippen molar-refractivity contribution in [1.82, 2.24) is 5.32 Å². The average Bonchev–Trinajstić information content (AvgIpc) is 2.36. The van der Waals surface area contributed by atoms with E-state index in [2.05, 4.69) is 38.2 Å². The lowest BCUT2D eigenvalue weighted by atomic mass is 10.0. The van der Waals surface area contributed by atoms with Crippen LogP contribution in [-0.2, 0) is 0 Å². The molecule has 0 aromatic heterocycles. The van der Waals surface area contributed by atoms with Crippen LogP contribution >= 0.6 is 0 Å². The van der Waals surface area contributed by atoms with E-state index in [1.807, 2.05) is 12.1 Å². The van der Waals surface area contributed by atoms with E-state index >= 15 is 0 Å². The first kappa shape index (κ1) is 14.0. The molecule has 17 heavy (non-hydrogen) atoms. The third kappa shape index (κ3) is 4.39. The largest absolute Gasteiger partial charge is 0.497 e. The van der Waals surface area contributed by atoms with Crippen molar-refractivity contribution in [2.45, 2.75) is 52.1 Å². The van der Waals surface area contributed by atoms with Crippen LogP contribution in [0.25, 0.3) is 0 Å². The number of benzene rings is 1. The number of methoxy groups -OCH3 is 1. The molecule has 0 saturated carbocycles. The number of ether oxygens (including phenoxy) is 1. The molecule has 2 atom stereocenters. The molecule has 0 aliphatic heterocycles. The minimum atomic E-state index is 0.447. The van der Waals surface area contributed by atoms with Crippen molar-refractivity contribution in [3.05, 3.63) is 29.8 Å². The molecule has 2 nitrogen and oxygen atoms in total. The van der Waals surface area contributed by atoms with Gasteiger partial charge in [0.1, 0.15) is 5.75 Å². The van der Waals surface area contributed by atoms with E-state index in [0.717, 1.165) is 12.2 Å². The second-order valence-electron chi connectivity index (χ2n) is 4.59. The van der Waals surface area contributed by atoms with Gasteiger partial charge in [0.25, 0.3) is 0 Å². The van der Waals surface area contributed by atoms with Gasteiger partial charge in [-0.25, -0.2) is 0 Å². The smallest absolute Gasteiger partial charge is 0.118 e. The van der Waals surface area contributed by atoms with Crippen LogP contribution in [-0.4, -0.2) is 13.2 Å². The maximum atomic E-state index is 5.18. The van der Waals surface area contributed by atoms with E-state index in [-0.39, 0.29) is 0 Å². The van der Waals surface area contributed by atoms with Gasteiger partial charge >= 0.3 is 0 Å². The first-order valence-corrected chi connectivity index (χ1v) is 6.61. The first-order valence-electron chi connectivity index (χ1n) is 6.61. The summed E-state index contributed by atoms with van der Waals surface area (Å²) in [6, 6.07) is 9.39. The van der Waals surface area contributed by atoms with E-state index in [4.69, 9.17) is 4.74 Å². The Bertz CT molecular complexity index is 307. The molecule has 0 spiro atoms. The summed E-state index contributed by atoms with van der Waals surface area (Å²) in [5.74, 6) is 0.921. The minimum absolute atomic E-state index is 0.447. The van der Waals surface area contributed by atoms with Crippen molar-refractivity contribution in [1.29, 1.82) is 0 Å². The van der Waals surface area contributed by atoms with Gasteiger partial charge in [-0.3, -0.25) is 0 Å². The van der Waals surface area contributed by atoms with Crippen molar-refractivity contribution < 1.29 is 4.74 Å². The monoisotopic (exact) mass is 235 g/mol. The Hall–Kier alpha value is -1.02. The number of rotatable bonds is 7. The molecule has 96 valence electrons. The molecule has 0 bridgehead atoms. The second kappa shape index (κ2) is 7.33. The molecule has 2 heteroatoms. The molecule has 0 fully saturated rings. The predicted molar refractivity (Wildman–Crippen MR) is 73.5 cm³/mol. The Morgan fingerprint density at radius 3 is 2.29 bits per heavy atom. The van der Waals surface area contributed by atoms with E-state index < -0.39 is 0 Å². The van der Waals surface area contributed by atoms with E-state index in [1.165, 1.54) is 18.4 Å². The van der Waals surface area contributed by atoms with Crippen molar-refractivity contribution in [3.63, 3.8) is 0 Å². The highest BCUT2D eigenvalue weighted by Gasteiger charge is 2.11. The van der Waals surface area contributed by atoms with E-state index in [0.29, 0.717) is 12.1 Å². The summed E-state index contributed by atoms with van der Waals surface area (Å²) in [6.07, 6.45) is 3.57. The van der Waals surface area contributed by atoms with Gasteiger partial charge in [0.15, 0.2) is 0 Å². The molecule has 1 aromatic carbocycles. The van der Waals surface area contributed by atoms with Crippen molar-refractivity contribution in [2.75, 3.05) is 7.11 Å². The zero-order chi connectivity index (χ0) is 12.7. The summed E-state index contributed by atoms with van der Waals surface area (Å²) < 4.78 is 5.18. The Morgan fingerprint density at radius 2 is 1.82 bits per heavy atom. The summed E-state index contributed by atoms with van der Waals surface area (Å²) >= 11 is 0. The zero-order valence-corrected chi connectivity index (χ0v) is 11.5. The fraction of sp³-hybridized carbons (Fsp3) is 0.600. The molecule has 1 N–H and O–H groups in total. The molecule has 0 heterocycles. The Labute approximate surface area is 105 Å². The Morgan fingerprint density at radius 1 is 1.18 bits per heavy atom. The average molecular weight is 235 g/mol. The third-order valence-corrected chi connectivity index (χ3v) is 3.13. The van der Waals surface area contributed by atoms with Gasteiger partial charge in [-0.2, -0.15) is 0 Å². The summed E-state index contributed by atoms with van der Waals surface area (Å²) in [7, 11) is 1.70. The SMILES string of the molecule is CCCC(C)NC(CC)c1ccc(OC)cc1.